The molecule has 1 aromatic carbocycles. The number of fused-ring (bicyclic) bond motifs is 1. The van der Waals surface area contributed by atoms with Gasteiger partial charge in [0.2, 0.25) is 0 Å². The molecule has 1 aromatic heterocycles. The van der Waals surface area contributed by atoms with Crippen LogP contribution in [0.3, 0.4) is 0 Å². The van der Waals surface area contributed by atoms with E-state index in [1.54, 1.807) is 12.3 Å². The van der Waals surface area contributed by atoms with Crippen molar-refractivity contribution in [3.63, 3.8) is 0 Å². The Morgan fingerprint density at radius 1 is 1.36 bits per heavy atom. The Morgan fingerprint density at radius 2 is 2.07 bits per heavy atom. The van der Waals surface area contributed by atoms with Gasteiger partial charge in [0.25, 0.3) is 6.43 Å². The maximum atomic E-state index is 12.6. The summed E-state index contributed by atoms with van der Waals surface area (Å²) in [6, 6.07) is 3.35. The molecule has 14 heavy (non-hydrogen) atoms. The van der Waals surface area contributed by atoms with Crippen molar-refractivity contribution in [3.8, 4) is 0 Å². The lowest BCUT2D eigenvalue weighted by Gasteiger charge is -2.03. The van der Waals surface area contributed by atoms with Crippen molar-refractivity contribution in [2.24, 2.45) is 0 Å². The molecule has 2 aromatic rings. The van der Waals surface area contributed by atoms with Gasteiger partial charge in [-0.25, -0.2) is 8.78 Å². The molecule has 0 aliphatic rings. The van der Waals surface area contributed by atoms with Crippen molar-refractivity contribution in [3.05, 3.63) is 33.7 Å². The van der Waals surface area contributed by atoms with Crippen LogP contribution in [0.1, 0.15) is 17.6 Å². The predicted molar refractivity (Wildman–Crippen MR) is 56.5 cm³/mol. The standard InChI is InChI=1S/C10H7ClF2S/c1-5-2-6-8(11)4-14-9(6)7(3-5)10(12)13/h2-4,10H,1H3. The summed E-state index contributed by atoms with van der Waals surface area (Å²) >= 11 is 7.15. The number of hydrogen-bond acceptors (Lipinski definition) is 1. The minimum atomic E-state index is -2.44. The van der Waals surface area contributed by atoms with Crippen LogP contribution >= 0.6 is 22.9 Å². The Balaban J connectivity index is 2.82. The van der Waals surface area contributed by atoms with Gasteiger partial charge in [-0.05, 0) is 24.6 Å². The lowest BCUT2D eigenvalue weighted by atomic mass is 10.1. The van der Waals surface area contributed by atoms with Gasteiger partial charge in [0.1, 0.15) is 0 Å². The second-order valence-corrected chi connectivity index (χ2v) is 4.40. The average Bonchev–Trinajstić information content (AvgIpc) is 2.47. The first-order valence-electron chi connectivity index (χ1n) is 4.05. The summed E-state index contributed by atoms with van der Waals surface area (Å²) in [7, 11) is 0. The van der Waals surface area contributed by atoms with Crippen LogP contribution in [0.25, 0.3) is 10.1 Å². The lowest BCUT2D eigenvalue weighted by molar-refractivity contribution is 0.153. The smallest absolute Gasteiger partial charge is 0.205 e. The molecule has 74 valence electrons. The number of thiophene rings is 1. The average molecular weight is 233 g/mol. The first kappa shape index (κ1) is 9.87. The normalized spacial score (nSPS) is 11.5. The van der Waals surface area contributed by atoms with Crippen LogP contribution in [0.5, 0.6) is 0 Å². The third-order valence-corrected chi connectivity index (χ3v) is 3.52. The second kappa shape index (κ2) is 3.48. The summed E-state index contributed by atoms with van der Waals surface area (Å²) < 4.78 is 25.9. The number of rotatable bonds is 1. The maximum Gasteiger partial charge on any atom is 0.265 e. The van der Waals surface area contributed by atoms with Gasteiger partial charge < -0.3 is 0 Å². The number of aryl methyl sites for hydroxylation is 1. The molecule has 0 unspecified atom stereocenters. The second-order valence-electron chi connectivity index (χ2n) is 3.12. The van der Waals surface area contributed by atoms with Crippen molar-refractivity contribution >= 4 is 33.0 Å². The van der Waals surface area contributed by atoms with E-state index in [1.807, 2.05) is 6.07 Å². The molecule has 0 amide bonds. The van der Waals surface area contributed by atoms with Crippen molar-refractivity contribution in [1.82, 2.24) is 0 Å². The van der Waals surface area contributed by atoms with Crippen LogP contribution in [0.2, 0.25) is 5.02 Å². The third kappa shape index (κ3) is 1.51. The van der Waals surface area contributed by atoms with Gasteiger partial charge in [-0.15, -0.1) is 11.3 Å². The van der Waals surface area contributed by atoms with Crippen molar-refractivity contribution in [2.45, 2.75) is 13.3 Å². The fourth-order valence-corrected chi connectivity index (χ4v) is 2.71. The van der Waals surface area contributed by atoms with E-state index in [4.69, 9.17) is 11.6 Å². The molecule has 0 bridgehead atoms. The monoisotopic (exact) mass is 232 g/mol. The molecule has 0 N–H and O–H groups in total. The summed E-state index contributed by atoms with van der Waals surface area (Å²) in [4.78, 5) is 0. The van der Waals surface area contributed by atoms with E-state index >= 15 is 0 Å². The van der Waals surface area contributed by atoms with Crippen LogP contribution in [-0.4, -0.2) is 0 Å². The number of alkyl halides is 2. The van der Waals surface area contributed by atoms with Crippen LogP contribution < -0.4 is 0 Å². The minimum Gasteiger partial charge on any atom is -0.205 e. The van der Waals surface area contributed by atoms with Crippen molar-refractivity contribution in [2.75, 3.05) is 0 Å². The fraction of sp³-hybridized carbons (Fsp3) is 0.200. The van der Waals surface area contributed by atoms with Crippen molar-refractivity contribution < 1.29 is 8.78 Å². The molecule has 0 saturated heterocycles. The van der Waals surface area contributed by atoms with Gasteiger partial charge >= 0.3 is 0 Å². The topological polar surface area (TPSA) is 0 Å². The molecule has 0 atom stereocenters. The number of halogens is 3. The molecule has 2 rings (SSSR count). The Kier molecular flexibility index (Phi) is 2.45. The Hall–Kier alpha value is -0.670. The van der Waals surface area contributed by atoms with Crippen LogP contribution in [0, 0.1) is 6.92 Å². The lowest BCUT2D eigenvalue weighted by Crippen LogP contribution is -1.85. The Bertz CT molecular complexity index is 476. The zero-order valence-electron chi connectivity index (χ0n) is 7.35. The van der Waals surface area contributed by atoms with Gasteiger partial charge in [0.05, 0.1) is 5.02 Å². The molecule has 0 aliphatic heterocycles. The zero-order chi connectivity index (χ0) is 10.3. The summed E-state index contributed by atoms with van der Waals surface area (Å²) in [5.41, 5.74) is 0.894. The van der Waals surface area contributed by atoms with Crippen LogP contribution in [-0.2, 0) is 0 Å². The highest BCUT2D eigenvalue weighted by Crippen LogP contribution is 2.37. The number of hydrogen-bond donors (Lipinski definition) is 0. The van der Waals surface area contributed by atoms with Gasteiger partial charge in [0, 0.05) is 21.0 Å². The van der Waals surface area contributed by atoms with Gasteiger partial charge in [-0.3, -0.25) is 0 Å². The zero-order valence-corrected chi connectivity index (χ0v) is 8.92. The first-order valence-corrected chi connectivity index (χ1v) is 5.30. The summed E-state index contributed by atoms with van der Waals surface area (Å²) in [6.07, 6.45) is -2.44. The summed E-state index contributed by atoms with van der Waals surface area (Å²) in [6.45, 7) is 1.79. The summed E-state index contributed by atoms with van der Waals surface area (Å²) in [5.74, 6) is 0. The molecule has 0 saturated carbocycles. The van der Waals surface area contributed by atoms with E-state index in [9.17, 15) is 8.78 Å². The van der Waals surface area contributed by atoms with E-state index in [2.05, 4.69) is 0 Å². The highest BCUT2D eigenvalue weighted by molar-refractivity contribution is 7.18. The minimum absolute atomic E-state index is 0.0805. The van der Waals surface area contributed by atoms with Gasteiger partial charge in [0.15, 0.2) is 0 Å². The molecule has 1 heterocycles. The third-order valence-electron chi connectivity index (χ3n) is 2.03. The molecule has 0 radical (unpaired) electrons. The highest BCUT2D eigenvalue weighted by Gasteiger charge is 2.14. The highest BCUT2D eigenvalue weighted by atomic mass is 35.5. The van der Waals surface area contributed by atoms with E-state index in [0.29, 0.717) is 9.72 Å². The van der Waals surface area contributed by atoms with Crippen molar-refractivity contribution in [1.29, 1.82) is 0 Å². The predicted octanol–water partition coefficient (Wildman–Crippen LogP) is 4.80. The van der Waals surface area contributed by atoms with E-state index in [0.717, 1.165) is 10.9 Å². The molecular formula is C10H7ClF2S. The molecule has 0 spiro atoms. The molecule has 4 heteroatoms. The van der Waals surface area contributed by atoms with Crippen LogP contribution in [0.4, 0.5) is 8.78 Å². The molecule has 0 nitrogen and oxygen atoms in total. The first-order chi connectivity index (χ1) is 6.59. The number of benzene rings is 1. The van der Waals surface area contributed by atoms with E-state index in [1.165, 1.54) is 17.4 Å². The quantitative estimate of drug-likeness (QED) is 0.663. The largest absolute Gasteiger partial charge is 0.265 e. The Labute approximate surface area is 89.1 Å². The SMILES string of the molecule is Cc1cc(C(F)F)c2scc(Cl)c2c1. The molecule has 0 aliphatic carbocycles. The maximum absolute atomic E-state index is 12.6. The fourth-order valence-electron chi connectivity index (χ4n) is 1.45. The summed E-state index contributed by atoms with van der Waals surface area (Å²) in [5, 5.41) is 2.97. The molecular weight excluding hydrogens is 226 g/mol. The van der Waals surface area contributed by atoms with Gasteiger partial charge in [-0.2, -0.15) is 0 Å². The molecule has 0 fully saturated rings. The van der Waals surface area contributed by atoms with E-state index < -0.39 is 6.43 Å². The van der Waals surface area contributed by atoms with Gasteiger partial charge in [-0.1, -0.05) is 11.6 Å². The van der Waals surface area contributed by atoms with Crippen LogP contribution in [0.15, 0.2) is 17.5 Å². The van der Waals surface area contributed by atoms with E-state index in [-0.39, 0.29) is 5.56 Å². The Morgan fingerprint density at radius 3 is 2.71 bits per heavy atom.